The van der Waals surface area contributed by atoms with Crippen LogP contribution in [0.3, 0.4) is 0 Å². The second-order valence-corrected chi connectivity index (χ2v) is 19.9. The lowest BCUT2D eigenvalue weighted by Gasteiger charge is -2.10. The average Bonchev–Trinajstić information content (AvgIpc) is 3.47. The van der Waals surface area contributed by atoms with Gasteiger partial charge in [0, 0.05) is 0 Å². The van der Waals surface area contributed by atoms with Crippen LogP contribution in [0.1, 0.15) is 296 Å². The number of esters is 6. The summed E-state index contributed by atoms with van der Waals surface area (Å²) in [5, 5.41) is 0. The van der Waals surface area contributed by atoms with Crippen molar-refractivity contribution in [2.75, 3.05) is 39.6 Å². The highest BCUT2D eigenvalue weighted by molar-refractivity contribution is 6.04. The molecule has 12 nitrogen and oxygen atoms in total. The fraction of sp³-hybridized carbons (Fsp3) is 0.636. The van der Waals surface area contributed by atoms with Crippen LogP contribution in [0.15, 0.2) is 72.8 Å². The molecule has 0 radical (unpaired) electrons. The molecular formula is C66H102O12. The molecule has 0 fully saturated rings. The molecule has 0 spiro atoms. The Labute approximate surface area is 471 Å². The second kappa shape index (κ2) is 49.8. The zero-order valence-corrected chi connectivity index (χ0v) is 49.3. The van der Waals surface area contributed by atoms with Gasteiger partial charge < -0.3 is 28.4 Å². The number of carbonyl (C=O) groups excluding carboxylic acids is 6. The van der Waals surface area contributed by atoms with Crippen molar-refractivity contribution < 1.29 is 57.2 Å². The van der Waals surface area contributed by atoms with Crippen LogP contribution in [0, 0.1) is 0 Å². The van der Waals surface area contributed by atoms with Gasteiger partial charge >= 0.3 is 35.8 Å². The summed E-state index contributed by atoms with van der Waals surface area (Å²) >= 11 is 0. The first-order valence-electron chi connectivity index (χ1n) is 30.4. The van der Waals surface area contributed by atoms with Gasteiger partial charge in [0.05, 0.1) is 73.0 Å². The Morgan fingerprint density at radius 2 is 0.359 bits per heavy atom. The largest absolute Gasteiger partial charge is 0.462 e. The second-order valence-electron chi connectivity index (χ2n) is 19.9. The predicted octanol–water partition coefficient (Wildman–Crippen LogP) is 17.8. The molecule has 0 aliphatic heterocycles. The van der Waals surface area contributed by atoms with E-state index in [2.05, 4.69) is 27.7 Å². The Kier molecular flexibility index (Phi) is 45.0. The lowest BCUT2D eigenvalue weighted by atomic mass is 10.1. The van der Waals surface area contributed by atoms with Crippen molar-refractivity contribution in [3.05, 3.63) is 106 Å². The topological polar surface area (TPSA) is 158 Å². The van der Waals surface area contributed by atoms with E-state index in [4.69, 9.17) is 28.4 Å². The number of benzene rings is 3. The van der Waals surface area contributed by atoms with E-state index in [1.165, 1.54) is 116 Å². The molecule has 0 aromatic heterocycles. The zero-order valence-electron chi connectivity index (χ0n) is 49.3. The minimum atomic E-state index is -0.471. The molecule has 0 aliphatic rings. The van der Waals surface area contributed by atoms with Gasteiger partial charge in [-0.3, -0.25) is 0 Å². The fourth-order valence-corrected chi connectivity index (χ4v) is 8.14. The highest BCUT2D eigenvalue weighted by Crippen LogP contribution is 2.17. The quantitative estimate of drug-likeness (QED) is 0.0301. The zero-order chi connectivity index (χ0) is 57.1. The summed E-state index contributed by atoms with van der Waals surface area (Å²) in [4.78, 5) is 73.4. The standard InChI is InChI=1S/C26H42O4.C24H38O4.C16H22O4/c1-3-5-7-9-11-13-17-21-29-25(27)23-19-15-16-20-24(23)26(28)30-22-18-14-12-10-8-6-4-2;1-3-5-7-9-11-15-19-27-23(25)21-17-13-14-18-22(21)24(26)28-20-16-12-10-8-6-4-2;1-3-5-11-19-15(17)13-9-7-8-10-14(13)16(18)20-12-6-4-2/h15-16,19-20H,3-14,17-18,21-22H2,1-2H3;13-14,17-18H,3-12,15-16,19-20H2,1-2H3;7-10H,3-6,11-12H2,1-2H3. The van der Waals surface area contributed by atoms with Crippen LogP contribution in [-0.2, 0) is 28.4 Å². The highest BCUT2D eigenvalue weighted by atomic mass is 16.6. The van der Waals surface area contributed by atoms with Gasteiger partial charge in [0.1, 0.15) is 0 Å². The maximum Gasteiger partial charge on any atom is 0.339 e. The third-order valence-corrected chi connectivity index (χ3v) is 13.0. The minimum Gasteiger partial charge on any atom is -0.462 e. The van der Waals surface area contributed by atoms with Gasteiger partial charge in [0.15, 0.2) is 0 Å². The summed E-state index contributed by atoms with van der Waals surface area (Å²) in [5.74, 6) is -2.71. The van der Waals surface area contributed by atoms with Crippen LogP contribution in [0.4, 0.5) is 0 Å². The lowest BCUT2D eigenvalue weighted by Crippen LogP contribution is -2.15. The molecule has 0 bridgehead atoms. The van der Waals surface area contributed by atoms with Gasteiger partial charge in [-0.05, 0) is 74.9 Å². The molecule has 78 heavy (non-hydrogen) atoms. The lowest BCUT2D eigenvalue weighted by molar-refractivity contribution is 0.0450. The van der Waals surface area contributed by atoms with E-state index in [1.807, 2.05) is 13.8 Å². The van der Waals surface area contributed by atoms with Gasteiger partial charge in [-0.2, -0.15) is 0 Å². The molecule has 0 saturated heterocycles. The summed E-state index contributed by atoms with van der Waals surface area (Å²) < 4.78 is 31.8. The van der Waals surface area contributed by atoms with Crippen LogP contribution < -0.4 is 0 Å². The van der Waals surface area contributed by atoms with Crippen LogP contribution in [0.2, 0.25) is 0 Å². The first kappa shape index (κ1) is 70.5. The fourth-order valence-electron chi connectivity index (χ4n) is 8.14. The van der Waals surface area contributed by atoms with Crippen LogP contribution in [0.5, 0.6) is 0 Å². The first-order chi connectivity index (χ1) is 38.1. The van der Waals surface area contributed by atoms with Gasteiger partial charge in [-0.1, -0.05) is 232 Å². The van der Waals surface area contributed by atoms with Gasteiger partial charge in [-0.25, -0.2) is 28.8 Å². The third kappa shape index (κ3) is 34.4. The summed E-state index contributed by atoms with van der Waals surface area (Å²) in [7, 11) is 0. The number of hydrogen-bond acceptors (Lipinski definition) is 12. The SMILES string of the molecule is CCCCCCCCCOC(=O)c1ccccc1C(=O)OCCCCCCCCC.CCCCCCCCOC(=O)c1ccccc1C(=O)OCCCCCCCC.CCCCOC(=O)c1ccccc1C(=O)OCCCC. The van der Waals surface area contributed by atoms with Crippen molar-refractivity contribution in [3.8, 4) is 0 Å². The monoisotopic (exact) mass is 1090 g/mol. The summed E-state index contributed by atoms with van der Waals surface area (Å²) in [5.41, 5.74) is 1.72. The van der Waals surface area contributed by atoms with E-state index in [-0.39, 0.29) is 11.1 Å². The van der Waals surface area contributed by atoms with Crippen molar-refractivity contribution in [2.45, 2.75) is 234 Å². The first-order valence-corrected chi connectivity index (χ1v) is 30.4. The maximum absolute atomic E-state index is 12.4. The van der Waals surface area contributed by atoms with Gasteiger partial charge in [0.25, 0.3) is 0 Å². The van der Waals surface area contributed by atoms with E-state index >= 15 is 0 Å². The van der Waals surface area contributed by atoms with Crippen molar-refractivity contribution >= 4 is 35.8 Å². The Morgan fingerprint density at radius 1 is 0.218 bits per heavy atom. The predicted molar refractivity (Wildman–Crippen MR) is 314 cm³/mol. The Morgan fingerprint density at radius 3 is 0.526 bits per heavy atom. The normalized spacial score (nSPS) is 10.5. The Balaban J connectivity index is 0.000000597. The van der Waals surface area contributed by atoms with E-state index in [9.17, 15) is 28.8 Å². The van der Waals surface area contributed by atoms with Gasteiger partial charge in [-0.15, -0.1) is 0 Å². The minimum absolute atomic E-state index is 0.269. The molecule has 438 valence electrons. The molecule has 0 heterocycles. The average molecular weight is 1090 g/mol. The molecule has 3 rings (SSSR count). The van der Waals surface area contributed by atoms with E-state index < -0.39 is 35.8 Å². The highest BCUT2D eigenvalue weighted by Gasteiger charge is 2.21. The van der Waals surface area contributed by atoms with Gasteiger partial charge in [0.2, 0.25) is 0 Å². The summed E-state index contributed by atoms with van der Waals surface area (Å²) in [6.45, 7) is 15.2. The summed E-state index contributed by atoms with van der Waals surface area (Å²) in [6.07, 6.45) is 33.5. The van der Waals surface area contributed by atoms with Crippen LogP contribution in [-0.4, -0.2) is 75.5 Å². The molecule has 0 amide bonds. The smallest absolute Gasteiger partial charge is 0.339 e. The van der Waals surface area contributed by atoms with Crippen molar-refractivity contribution in [1.82, 2.24) is 0 Å². The molecule has 0 aliphatic carbocycles. The maximum atomic E-state index is 12.4. The van der Waals surface area contributed by atoms with E-state index in [1.54, 1.807) is 72.8 Å². The third-order valence-electron chi connectivity index (χ3n) is 13.0. The molecule has 12 heteroatoms. The van der Waals surface area contributed by atoms with Crippen LogP contribution in [0.25, 0.3) is 0 Å². The van der Waals surface area contributed by atoms with Crippen molar-refractivity contribution in [3.63, 3.8) is 0 Å². The summed E-state index contributed by atoms with van der Waals surface area (Å²) in [6, 6.07) is 20.1. The molecule has 0 unspecified atom stereocenters. The van der Waals surface area contributed by atoms with E-state index in [0.29, 0.717) is 61.9 Å². The number of hydrogen-bond donors (Lipinski definition) is 0. The molecule has 0 N–H and O–H groups in total. The van der Waals surface area contributed by atoms with Crippen LogP contribution >= 0.6 is 0 Å². The molecule has 0 atom stereocenters. The molecule has 0 saturated carbocycles. The number of ether oxygens (including phenoxy) is 6. The number of rotatable bonds is 42. The molecular weight excluding hydrogens is 985 g/mol. The van der Waals surface area contributed by atoms with Crippen molar-refractivity contribution in [1.29, 1.82) is 0 Å². The van der Waals surface area contributed by atoms with Crippen molar-refractivity contribution in [2.24, 2.45) is 0 Å². The Bertz CT molecular complexity index is 1890. The van der Waals surface area contributed by atoms with E-state index in [0.717, 1.165) is 77.0 Å². The molecule has 3 aromatic carbocycles. The number of carbonyl (C=O) groups is 6. The number of unbranched alkanes of at least 4 members (excludes halogenated alkanes) is 24. The molecule has 3 aromatic rings. The Hall–Kier alpha value is -5.52.